The van der Waals surface area contributed by atoms with E-state index < -0.39 is 24.0 Å². The molecule has 1 aromatic rings. The van der Waals surface area contributed by atoms with E-state index >= 15 is 0 Å². The fraction of sp³-hybridized carbons (Fsp3) is 0.421. The monoisotopic (exact) mass is 376 g/mol. The summed E-state index contributed by atoms with van der Waals surface area (Å²) in [5.74, 6) is -0.310. The van der Waals surface area contributed by atoms with Crippen molar-refractivity contribution >= 4 is 18.0 Å². The number of nitrogens with one attached hydrogen (secondary N) is 2. The van der Waals surface area contributed by atoms with Gasteiger partial charge in [-0.05, 0) is 38.5 Å². The molecule has 1 aliphatic rings. The number of carbonyl (C=O) groups excluding carboxylic acids is 3. The lowest BCUT2D eigenvalue weighted by atomic mass is 10.0. The number of amides is 2. The van der Waals surface area contributed by atoms with E-state index in [9.17, 15) is 14.4 Å². The summed E-state index contributed by atoms with van der Waals surface area (Å²) < 4.78 is 15.6. The minimum Gasteiger partial charge on any atom is -0.494 e. The van der Waals surface area contributed by atoms with Crippen molar-refractivity contribution in [1.82, 2.24) is 10.6 Å². The van der Waals surface area contributed by atoms with Crippen LogP contribution in [0, 0.1) is 0 Å². The van der Waals surface area contributed by atoms with Gasteiger partial charge in [-0.1, -0.05) is 12.1 Å². The number of esters is 2. The second-order valence-electron chi connectivity index (χ2n) is 5.85. The van der Waals surface area contributed by atoms with Crippen molar-refractivity contribution in [2.24, 2.45) is 0 Å². The van der Waals surface area contributed by atoms with Gasteiger partial charge < -0.3 is 24.8 Å². The van der Waals surface area contributed by atoms with Crippen molar-refractivity contribution in [3.05, 3.63) is 41.1 Å². The largest absolute Gasteiger partial charge is 0.494 e. The summed E-state index contributed by atoms with van der Waals surface area (Å²) in [5, 5.41) is 5.09. The summed E-state index contributed by atoms with van der Waals surface area (Å²) >= 11 is 0. The number of rotatable bonds is 8. The third-order valence-corrected chi connectivity index (χ3v) is 3.83. The molecule has 0 aliphatic carbocycles. The van der Waals surface area contributed by atoms with Gasteiger partial charge in [0.2, 0.25) is 0 Å². The zero-order chi connectivity index (χ0) is 19.8. The van der Waals surface area contributed by atoms with Gasteiger partial charge in [0.15, 0.2) is 0 Å². The normalized spacial score (nSPS) is 16.3. The first-order valence-electron chi connectivity index (χ1n) is 8.79. The average molecular weight is 376 g/mol. The van der Waals surface area contributed by atoms with Gasteiger partial charge in [0.25, 0.3) is 0 Å². The molecule has 1 heterocycles. The molecule has 0 saturated heterocycles. The summed E-state index contributed by atoms with van der Waals surface area (Å²) in [6, 6.07) is 6.11. The predicted octanol–water partition coefficient (Wildman–Crippen LogP) is 1.69. The Labute approximate surface area is 157 Å². The summed E-state index contributed by atoms with van der Waals surface area (Å²) in [6.07, 6.45) is 0.0656. The highest BCUT2D eigenvalue weighted by Crippen LogP contribution is 2.16. The van der Waals surface area contributed by atoms with Crippen LogP contribution in [0.4, 0.5) is 4.79 Å². The third-order valence-electron chi connectivity index (χ3n) is 3.83. The Kier molecular flexibility index (Phi) is 7.22. The van der Waals surface area contributed by atoms with Crippen LogP contribution in [0.15, 0.2) is 35.5 Å². The van der Waals surface area contributed by atoms with Crippen molar-refractivity contribution in [2.75, 3.05) is 19.8 Å². The maximum Gasteiger partial charge on any atom is 0.338 e. The molecular weight excluding hydrogens is 352 g/mol. The minimum atomic E-state index is -0.560. The Morgan fingerprint density at radius 2 is 1.78 bits per heavy atom. The van der Waals surface area contributed by atoms with Crippen LogP contribution in [0.2, 0.25) is 0 Å². The first-order valence-corrected chi connectivity index (χ1v) is 8.79. The van der Waals surface area contributed by atoms with Crippen LogP contribution in [0.25, 0.3) is 0 Å². The number of hydrogen-bond acceptors (Lipinski definition) is 6. The summed E-state index contributed by atoms with van der Waals surface area (Å²) in [7, 11) is 0. The lowest BCUT2D eigenvalue weighted by molar-refractivity contribution is -0.143. The first kappa shape index (κ1) is 20.3. The topological polar surface area (TPSA) is 103 Å². The predicted molar refractivity (Wildman–Crippen MR) is 97.1 cm³/mol. The molecule has 0 saturated carbocycles. The smallest absolute Gasteiger partial charge is 0.338 e. The molecule has 2 N–H and O–H groups in total. The molecule has 1 aliphatic heterocycles. The molecule has 2 amide bonds. The van der Waals surface area contributed by atoms with Crippen LogP contribution in [0.1, 0.15) is 26.3 Å². The summed E-state index contributed by atoms with van der Waals surface area (Å²) in [4.78, 5) is 35.9. The molecule has 0 bridgehead atoms. The van der Waals surface area contributed by atoms with Gasteiger partial charge in [0.1, 0.15) is 12.4 Å². The summed E-state index contributed by atoms with van der Waals surface area (Å²) in [5.41, 5.74) is 1.24. The van der Waals surface area contributed by atoms with Crippen molar-refractivity contribution < 1.29 is 28.6 Å². The molecule has 27 heavy (non-hydrogen) atoms. The standard InChI is InChI=1S/C19H24N2O6/c1-4-25-14-8-6-13(7-9-14)10-16(22)27-11-15-17(18(23)26-5-2)12(3)20-19(24)21-15/h6-9,12H,4-5,10-11H2,1-3H3,(H2,20,21,24). The van der Waals surface area contributed by atoms with Crippen LogP contribution < -0.4 is 15.4 Å². The molecule has 1 unspecified atom stereocenters. The highest BCUT2D eigenvalue weighted by molar-refractivity contribution is 5.94. The minimum absolute atomic E-state index is 0.0656. The molecule has 146 valence electrons. The fourth-order valence-electron chi connectivity index (χ4n) is 2.63. The Bertz CT molecular complexity index is 726. The lowest BCUT2D eigenvalue weighted by Gasteiger charge is -2.26. The second kappa shape index (κ2) is 9.61. The van der Waals surface area contributed by atoms with Crippen LogP contribution in [0.5, 0.6) is 5.75 Å². The van der Waals surface area contributed by atoms with E-state index in [1.54, 1.807) is 38.1 Å². The molecule has 0 radical (unpaired) electrons. The highest BCUT2D eigenvalue weighted by Gasteiger charge is 2.30. The lowest BCUT2D eigenvalue weighted by Crippen LogP contribution is -2.50. The van der Waals surface area contributed by atoms with E-state index in [1.807, 2.05) is 6.92 Å². The first-order chi connectivity index (χ1) is 12.9. The molecule has 8 nitrogen and oxygen atoms in total. The number of ether oxygens (including phenoxy) is 3. The van der Waals surface area contributed by atoms with E-state index in [4.69, 9.17) is 14.2 Å². The Hall–Kier alpha value is -3.03. The molecule has 8 heteroatoms. The Morgan fingerprint density at radius 1 is 1.07 bits per heavy atom. The Morgan fingerprint density at radius 3 is 2.41 bits per heavy atom. The van der Waals surface area contributed by atoms with Crippen molar-refractivity contribution in [1.29, 1.82) is 0 Å². The number of carbonyl (C=O) groups is 3. The molecular formula is C19H24N2O6. The number of urea groups is 1. The molecule has 0 fully saturated rings. The second-order valence-corrected chi connectivity index (χ2v) is 5.85. The van der Waals surface area contributed by atoms with Gasteiger partial charge in [0.05, 0.1) is 36.9 Å². The van der Waals surface area contributed by atoms with E-state index in [-0.39, 0.29) is 30.9 Å². The maximum atomic E-state index is 12.1. The maximum absolute atomic E-state index is 12.1. The molecule has 0 spiro atoms. The SMILES string of the molecule is CCOC(=O)C1=C(COC(=O)Cc2ccc(OCC)cc2)NC(=O)NC1C. The van der Waals surface area contributed by atoms with Gasteiger partial charge in [-0.3, -0.25) is 4.79 Å². The highest BCUT2D eigenvalue weighted by atomic mass is 16.5. The van der Waals surface area contributed by atoms with E-state index in [0.29, 0.717) is 6.61 Å². The van der Waals surface area contributed by atoms with E-state index in [1.165, 1.54) is 0 Å². The zero-order valence-corrected chi connectivity index (χ0v) is 15.7. The number of hydrogen-bond donors (Lipinski definition) is 2. The van der Waals surface area contributed by atoms with Gasteiger partial charge in [-0.15, -0.1) is 0 Å². The van der Waals surface area contributed by atoms with Crippen molar-refractivity contribution in [3.63, 3.8) is 0 Å². The molecule has 0 aromatic heterocycles. The van der Waals surface area contributed by atoms with Gasteiger partial charge in [0, 0.05) is 0 Å². The van der Waals surface area contributed by atoms with Crippen LogP contribution >= 0.6 is 0 Å². The molecule has 2 rings (SSSR count). The Balaban J connectivity index is 2.01. The van der Waals surface area contributed by atoms with E-state index in [2.05, 4.69) is 10.6 Å². The van der Waals surface area contributed by atoms with Crippen molar-refractivity contribution in [2.45, 2.75) is 33.2 Å². The molecule has 1 atom stereocenters. The van der Waals surface area contributed by atoms with Crippen LogP contribution in [-0.2, 0) is 25.5 Å². The molecule has 1 aromatic carbocycles. The van der Waals surface area contributed by atoms with Crippen molar-refractivity contribution in [3.8, 4) is 5.75 Å². The zero-order valence-electron chi connectivity index (χ0n) is 15.7. The quantitative estimate of drug-likeness (QED) is 0.670. The third kappa shape index (κ3) is 5.73. The van der Waals surface area contributed by atoms with Crippen LogP contribution in [-0.4, -0.2) is 43.8 Å². The van der Waals surface area contributed by atoms with Gasteiger partial charge in [-0.2, -0.15) is 0 Å². The fourth-order valence-corrected chi connectivity index (χ4v) is 2.63. The van der Waals surface area contributed by atoms with Crippen LogP contribution in [0.3, 0.4) is 0 Å². The van der Waals surface area contributed by atoms with Gasteiger partial charge >= 0.3 is 18.0 Å². The van der Waals surface area contributed by atoms with Gasteiger partial charge in [-0.25, -0.2) is 9.59 Å². The van der Waals surface area contributed by atoms with E-state index in [0.717, 1.165) is 11.3 Å². The average Bonchev–Trinajstić information content (AvgIpc) is 2.61. The number of benzene rings is 1. The summed E-state index contributed by atoms with van der Waals surface area (Å²) in [6.45, 7) is 5.79.